The summed E-state index contributed by atoms with van der Waals surface area (Å²) in [5.74, 6) is 0.278. The van der Waals surface area contributed by atoms with Crippen LogP contribution < -0.4 is 10.1 Å². The van der Waals surface area contributed by atoms with Crippen LogP contribution in [0.25, 0.3) is 0 Å². The zero-order valence-electron chi connectivity index (χ0n) is 12.5. The molecule has 0 atom stereocenters. The Labute approximate surface area is 124 Å². The van der Waals surface area contributed by atoms with Gasteiger partial charge in [0.15, 0.2) is 0 Å². The number of nitriles is 1. The molecular weight excluding hydrogens is 268 g/mol. The highest BCUT2D eigenvalue weighted by Crippen LogP contribution is 2.35. The van der Waals surface area contributed by atoms with E-state index in [1.165, 1.54) is 7.11 Å². The number of nitrogens with zero attached hydrogens (tertiary/aromatic N) is 3. The van der Waals surface area contributed by atoms with E-state index in [0.717, 1.165) is 25.7 Å². The molecule has 1 N–H and O–H groups in total. The smallest absolute Gasteiger partial charge is 0.247 e. The van der Waals surface area contributed by atoms with Crippen molar-refractivity contribution in [2.45, 2.75) is 45.4 Å². The van der Waals surface area contributed by atoms with Gasteiger partial charge >= 0.3 is 0 Å². The number of ether oxygens (including phenoxy) is 1. The normalized spacial score (nSPS) is 17.4. The van der Waals surface area contributed by atoms with Gasteiger partial charge in [-0.05, 0) is 19.8 Å². The number of hydrogen-bond donors (Lipinski definition) is 1. The van der Waals surface area contributed by atoms with E-state index in [2.05, 4.69) is 21.4 Å². The number of amides is 1. The largest absolute Gasteiger partial charge is 0.481 e. The third kappa shape index (κ3) is 3.48. The van der Waals surface area contributed by atoms with Crippen molar-refractivity contribution < 1.29 is 9.53 Å². The van der Waals surface area contributed by atoms with Crippen molar-refractivity contribution in [2.75, 3.05) is 12.4 Å². The highest BCUT2D eigenvalue weighted by molar-refractivity contribution is 5.96. The molecule has 1 aromatic heterocycles. The van der Waals surface area contributed by atoms with Crippen LogP contribution in [0.4, 0.5) is 5.95 Å². The lowest BCUT2D eigenvalue weighted by molar-refractivity contribution is -0.123. The van der Waals surface area contributed by atoms with Crippen molar-refractivity contribution in [1.29, 1.82) is 5.26 Å². The van der Waals surface area contributed by atoms with Gasteiger partial charge in [0.2, 0.25) is 17.7 Å². The number of rotatable bonds is 3. The molecule has 1 saturated carbocycles. The summed E-state index contributed by atoms with van der Waals surface area (Å²) in [6.45, 7) is 1.80. The first-order chi connectivity index (χ1) is 10.1. The molecule has 21 heavy (non-hydrogen) atoms. The SMILES string of the molecule is COc1cc(C)nc(NC(=O)C2(C#N)CCCCCC2)n1. The topological polar surface area (TPSA) is 87.9 Å². The number of carbonyl (C=O) groups excluding carboxylic acids is 1. The second-order valence-corrected chi connectivity index (χ2v) is 5.44. The summed E-state index contributed by atoms with van der Waals surface area (Å²) in [7, 11) is 1.51. The van der Waals surface area contributed by atoms with Crippen LogP contribution in [0.5, 0.6) is 5.88 Å². The van der Waals surface area contributed by atoms with Gasteiger partial charge in [0.1, 0.15) is 5.41 Å². The maximum Gasteiger partial charge on any atom is 0.247 e. The highest BCUT2D eigenvalue weighted by atomic mass is 16.5. The zero-order chi connectivity index (χ0) is 15.3. The first-order valence-electron chi connectivity index (χ1n) is 7.22. The molecule has 2 rings (SSSR count). The Morgan fingerprint density at radius 1 is 1.33 bits per heavy atom. The third-order valence-corrected chi connectivity index (χ3v) is 3.87. The highest BCUT2D eigenvalue weighted by Gasteiger charge is 2.39. The van der Waals surface area contributed by atoms with Gasteiger partial charge in [-0.2, -0.15) is 10.2 Å². The van der Waals surface area contributed by atoms with Gasteiger partial charge in [0, 0.05) is 11.8 Å². The Kier molecular flexibility index (Phi) is 4.73. The van der Waals surface area contributed by atoms with Crippen LogP contribution in [0.2, 0.25) is 0 Å². The molecule has 1 heterocycles. The van der Waals surface area contributed by atoms with E-state index in [1.807, 2.05) is 0 Å². The minimum Gasteiger partial charge on any atom is -0.481 e. The van der Waals surface area contributed by atoms with Crippen LogP contribution in [0.15, 0.2) is 6.07 Å². The van der Waals surface area contributed by atoms with Crippen molar-refractivity contribution in [3.8, 4) is 11.9 Å². The summed E-state index contributed by atoms with van der Waals surface area (Å²) in [6.07, 6.45) is 5.14. The molecule has 1 amide bonds. The van der Waals surface area contributed by atoms with Gasteiger partial charge in [-0.1, -0.05) is 25.7 Å². The molecule has 0 aliphatic heterocycles. The number of aryl methyl sites for hydroxylation is 1. The van der Waals surface area contributed by atoms with Crippen LogP contribution >= 0.6 is 0 Å². The fraction of sp³-hybridized carbons (Fsp3) is 0.600. The summed E-state index contributed by atoms with van der Waals surface area (Å²) < 4.78 is 5.07. The predicted octanol–water partition coefficient (Wildman–Crippen LogP) is 2.60. The van der Waals surface area contributed by atoms with E-state index in [4.69, 9.17) is 4.74 Å². The Balaban J connectivity index is 2.19. The molecule has 1 aliphatic rings. The van der Waals surface area contributed by atoms with Crippen molar-refractivity contribution in [3.05, 3.63) is 11.8 Å². The fourth-order valence-electron chi connectivity index (χ4n) is 2.64. The van der Waals surface area contributed by atoms with Gasteiger partial charge in [-0.25, -0.2) is 4.98 Å². The summed E-state index contributed by atoms with van der Waals surface area (Å²) in [6, 6.07) is 3.90. The Hall–Kier alpha value is -2.16. The lowest BCUT2D eigenvalue weighted by Crippen LogP contribution is -2.35. The molecule has 112 valence electrons. The second kappa shape index (κ2) is 6.53. The number of carbonyl (C=O) groups is 1. The van der Waals surface area contributed by atoms with E-state index in [0.29, 0.717) is 24.4 Å². The van der Waals surface area contributed by atoms with Crippen LogP contribution in [0.3, 0.4) is 0 Å². The van der Waals surface area contributed by atoms with E-state index in [9.17, 15) is 10.1 Å². The molecule has 0 saturated heterocycles. The van der Waals surface area contributed by atoms with Crippen LogP contribution in [0, 0.1) is 23.7 Å². The van der Waals surface area contributed by atoms with Crippen molar-refractivity contribution in [1.82, 2.24) is 9.97 Å². The standard InChI is InChI=1S/C15H20N4O2/c1-11-9-12(21-2)18-14(17-11)19-13(20)15(10-16)7-5-3-4-6-8-15/h9H,3-8H2,1-2H3,(H,17,18,19,20). The number of aromatic nitrogens is 2. The number of anilines is 1. The zero-order valence-corrected chi connectivity index (χ0v) is 12.5. The first kappa shape index (κ1) is 15.2. The lowest BCUT2D eigenvalue weighted by Gasteiger charge is -2.23. The minimum atomic E-state index is -0.961. The summed E-state index contributed by atoms with van der Waals surface area (Å²) in [5, 5.41) is 12.2. The average molecular weight is 288 g/mol. The van der Waals surface area contributed by atoms with E-state index in [-0.39, 0.29) is 11.9 Å². The summed E-state index contributed by atoms with van der Waals surface area (Å²) >= 11 is 0. The molecule has 1 aromatic rings. The van der Waals surface area contributed by atoms with Crippen LogP contribution in [-0.2, 0) is 4.79 Å². The number of nitrogens with one attached hydrogen (secondary N) is 1. The molecule has 0 aromatic carbocycles. The maximum absolute atomic E-state index is 12.5. The minimum absolute atomic E-state index is 0.190. The van der Waals surface area contributed by atoms with Gasteiger partial charge in [0.05, 0.1) is 13.2 Å². The molecule has 1 fully saturated rings. The average Bonchev–Trinajstić information content (AvgIpc) is 2.73. The van der Waals surface area contributed by atoms with Crippen molar-refractivity contribution in [3.63, 3.8) is 0 Å². The van der Waals surface area contributed by atoms with Crippen molar-refractivity contribution >= 4 is 11.9 Å². The van der Waals surface area contributed by atoms with Gasteiger partial charge in [0.25, 0.3) is 0 Å². The second-order valence-electron chi connectivity index (χ2n) is 5.44. The molecule has 0 spiro atoms. The van der Waals surface area contributed by atoms with Crippen LogP contribution in [-0.4, -0.2) is 23.0 Å². The van der Waals surface area contributed by atoms with E-state index >= 15 is 0 Å². The predicted molar refractivity (Wildman–Crippen MR) is 77.7 cm³/mol. The number of methoxy groups -OCH3 is 1. The summed E-state index contributed by atoms with van der Waals surface area (Å²) in [4.78, 5) is 20.8. The van der Waals surface area contributed by atoms with Gasteiger partial charge in [-0.15, -0.1) is 0 Å². The first-order valence-corrected chi connectivity index (χ1v) is 7.22. The fourth-order valence-corrected chi connectivity index (χ4v) is 2.64. The van der Waals surface area contributed by atoms with Gasteiger partial charge in [-0.3, -0.25) is 10.1 Å². The Morgan fingerprint density at radius 3 is 2.57 bits per heavy atom. The molecular formula is C15H20N4O2. The van der Waals surface area contributed by atoms with E-state index in [1.54, 1.807) is 13.0 Å². The van der Waals surface area contributed by atoms with Crippen LogP contribution in [0.1, 0.15) is 44.2 Å². The van der Waals surface area contributed by atoms with Gasteiger partial charge < -0.3 is 4.74 Å². The lowest BCUT2D eigenvalue weighted by atomic mass is 9.81. The molecule has 0 bridgehead atoms. The molecule has 0 unspecified atom stereocenters. The summed E-state index contributed by atoms with van der Waals surface area (Å²) in [5.41, 5.74) is -0.263. The molecule has 1 aliphatic carbocycles. The molecule has 0 radical (unpaired) electrons. The van der Waals surface area contributed by atoms with Crippen molar-refractivity contribution in [2.24, 2.45) is 5.41 Å². The Bertz CT molecular complexity index is 557. The molecule has 6 nitrogen and oxygen atoms in total. The Morgan fingerprint density at radius 2 is 2.00 bits per heavy atom. The van der Waals surface area contributed by atoms with E-state index < -0.39 is 5.41 Å². The monoisotopic (exact) mass is 288 g/mol. The molecule has 6 heteroatoms. The quantitative estimate of drug-likeness (QED) is 0.864. The maximum atomic E-state index is 12.5. The third-order valence-electron chi connectivity index (χ3n) is 3.87. The number of hydrogen-bond acceptors (Lipinski definition) is 5.